The first kappa shape index (κ1) is 24.4. The Labute approximate surface area is 206 Å². The van der Waals surface area contributed by atoms with Crippen molar-refractivity contribution in [3.63, 3.8) is 0 Å². The second-order valence-electron chi connectivity index (χ2n) is 9.43. The van der Waals surface area contributed by atoms with Crippen LogP contribution in [0.1, 0.15) is 54.3 Å². The van der Waals surface area contributed by atoms with Crippen molar-refractivity contribution in [3.8, 4) is 0 Å². The van der Waals surface area contributed by atoms with E-state index in [0.29, 0.717) is 38.7 Å². The Balaban J connectivity index is 1.22. The summed E-state index contributed by atoms with van der Waals surface area (Å²) in [6.45, 7) is 3.79. The number of halogens is 4. The minimum Gasteiger partial charge on any atom is -0.445 e. The summed E-state index contributed by atoms with van der Waals surface area (Å²) in [6.07, 6.45) is -0.863. The molecule has 0 N–H and O–H groups in total. The molecule has 1 aromatic heterocycles. The molecule has 2 atom stereocenters. The number of piperidine rings is 1. The number of carbonyl (C=O) groups is 1. The van der Waals surface area contributed by atoms with E-state index in [-0.39, 0.29) is 23.3 Å². The van der Waals surface area contributed by atoms with Gasteiger partial charge in [-0.2, -0.15) is 18.3 Å². The summed E-state index contributed by atoms with van der Waals surface area (Å²) in [6, 6.07) is 5.65. The number of hydrogen-bond acceptors (Lipinski definition) is 5. The average molecular weight is 513 g/mol. The van der Waals surface area contributed by atoms with Crippen molar-refractivity contribution in [1.29, 1.82) is 0 Å². The van der Waals surface area contributed by atoms with Gasteiger partial charge in [-0.25, -0.2) is 4.79 Å². The van der Waals surface area contributed by atoms with Crippen LogP contribution in [0, 0.1) is 0 Å². The third kappa shape index (κ3) is 5.59. The number of ether oxygens (including phenoxy) is 2. The molecule has 1 amide bonds. The number of amides is 1. The zero-order valence-corrected chi connectivity index (χ0v) is 20.0. The molecule has 5 rings (SSSR count). The molecule has 2 fully saturated rings. The van der Waals surface area contributed by atoms with E-state index in [2.05, 4.69) is 4.90 Å². The van der Waals surface area contributed by atoms with Crippen LogP contribution in [0.5, 0.6) is 0 Å². The van der Waals surface area contributed by atoms with Gasteiger partial charge in [-0.15, -0.1) is 0 Å². The summed E-state index contributed by atoms with van der Waals surface area (Å²) in [7, 11) is 0. The molecule has 2 saturated heterocycles. The first-order valence-corrected chi connectivity index (χ1v) is 12.3. The van der Waals surface area contributed by atoms with Gasteiger partial charge in [0.1, 0.15) is 12.7 Å². The van der Waals surface area contributed by atoms with E-state index in [1.165, 1.54) is 25.3 Å². The third-order valence-corrected chi connectivity index (χ3v) is 7.13. The van der Waals surface area contributed by atoms with Crippen LogP contribution in [-0.2, 0) is 35.3 Å². The molecule has 3 aliphatic heterocycles. The molecule has 3 aliphatic rings. The number of hydrogen-bond donors (Lipinski definition) is 0. The second-order valence-corrected chi connectivity index (χ2v) is 9.86. The second kappa shape index (κ2) is 9.99. The number of morpholine rings is 1. The van der Waals surface area contributed by atoms with Crippen LogP contribution in [-0.4, -0.2) is 58.0 Å². The fraction of sp³-hybridized carbons (Fsp3) is 0.583. The first-order valence-electron chi connectivity index (χ1n) is 12.0. The van der Waals surface area contributed by atoms with Gasteiger partial charge in [-0.3, -0.25) is 9.58 Å². The molecular weight excluding hydrogens is 485 g/mol. The Morgan fingerprint density at radius 3 is 2.83 bits per heavy atom. The molecular formula is C24H28ClF3N4O3. The smallest absolute Gasteiger partial charge is 0.416 e. The van der Waals surface area contributed by atoms with Gasteiger partial charge in [0.25, 0.3) is 0 Å². The molecule has 1 unspecified atom stereocenters. The number of fused-ring (bicyclic) bond motifs is 2. The van der Waals surface area contributed by atoms with Crippen molar-refractivity contribution in [1.82, 2.24) is 19.6 Å². The van der Waals surface area contributed by atoms with Gasteiger partial charge in [-0.1, -0.05) is 18.0 Å². The number of aryl methyl sites for hydroxylation is 1. The Kier molecular flexibility index (Phi) is 6.96. The minimum absolute atomic E-state index is 0.0575. The maximum Gasteiger partial charge on any atom is 0.416 e. The number of rotatable bonds is 3. The summed E-state index contributed by atoms with van der Waals surface area (Å²) in [5.74, 6) is 0. The molecule has 4 heterocycles. The zero-order valence-electron chi connectivity index (χ0n) is 19.3. The lowest BCUT2D eigenvalue weighted by atomic mass is 10.00. The highest BCUT2D eigenvalue weighted by Gasteiger charge is 2.34. The number of aromatic nitrogens is 2. The predicted octanol–water partition coefficient (Wildman–Crippen LogP) is 5.02. The maximum absolute atomic E-state index is 13.0. The van der Waals surface area contributed by atoms with Crippen LogP contribution in [0.25, 0.3) is 0 Å². The topological polar surface area (TPSA) is 59.8 Å². The van der Waals surface area contributed by atoms with E-state index < -0.39 is 17.8 Å². The van der Waals surface area contributed by atoms with Gasteiger partial charge in [-0.05, 0) is 55.6 Å². The number of nitrogens with zero attached hydrogens (tertiary/aromatic N) is 4. The monoisotopic (exact) mass is 512 g/mol. The first-order chi connectivity index (χ1) is 16.8. The van der Waals surface area contributed by atoms with Crippen LogP contribution >= 0.6 is 11.6 Å². The van der Waals surface area contributed by atoms with Crippen LogP contribution in [0.2, 0.25) is 5.02 Å². The van der Waals surface area contributed by atoms with E-state index in [9.17, 15) is 18.0 Å². The highest BCUT2D eigenvalue weighted by molar-refractivity contribution is 6.30. The lowest BCUT2D eigenvalue weighted by molar-refractivity contribution is -0.137. The molecule has 0 radical (unpaired) electrons. The highest BCUT2D eigenvalue weighted by Crippen LogP contribution is 2.32. The SMILES string of the molecule is O=C(OCc1cc(Cl)cc(C(F)(F)F)c1)N1CCCn2nc(C3CN4CCCC[C@@H]4CO3)cc2C1. The van der Waals surface area contributed by atoms with Crippen molar-refractivity contribution in [3.05, 3.63) is 51.8 Å². The fourth-order valence-corrected chi connectivity index (χ4v) is 5.35. The van der Waals surface area contributed by atoms with E-state index in [1.54, 1.807) is 4.90 Å². The van der Waals surface area contributed by atoms with E-state index >= 15 is 0 Å². The Hall–Kier alpha value is -2.30. The van der Waals surface area contributed by atoms with Gasteiger partial charge in [0.2, 0.25) is 0 Å². The van der Waals surface area contributed by atoms with Crippen molar-refractivity contribution >= 4 is 17.7 Å². The Morgan fingerprint density at radius 1 is 1.14 bits per heavy atom. The molecule has 35 heavy (non-hydrogen) atoms. The van der Waals surface area contributed by atoms with Gasteiger partial charge in [0, 0.05) is 30.7 Å². The fourth-order valence-electron chi connectivity index (χ4n) is 5.09. The largest absolute Gasteiger partial charge is 0.445 e. The van der Waals surface area contributed by atoms with E-state index in [4.69, 9.17) is 26.2 Å². The Morgan fingerprint density at radius 2 is 2.00 bits per heavy atom. The lowest BCUT2D eigenvalue weighted by Gasteiger charge is -2.42. The predicted molar refractivity (Wildman–Crippen MR) is 122 cm³/mol. The summed E-state index contributed by atoms with van der Waals surface area (Å²) in [5, 5.41) is 4.71. The number of carbonyl (C=O) groups excluding carboxylic acids is 1. The third-order valence-electron chi connectivity index (χ3n) is 6.91. The van der Waals surface area contributed by atoms with Crippen LogP contribution < -0.4 is 0 Å². The molecule has 2 aromatic rings. The standard InChI is InChI=1S/C24H28ClF3N4O3/c25-18-9-16(8-17(10-18)24(26,27)28)14-35-23(33)31-6-3-7-32-20(12-31)11-21(29-32)22-13-30-5-2-1-4-19(30)15-34-22/h8-11,19,22H,1-7,12-15H2/t19-,22?/m1/s1. The molecule has 190 valence electrons. The summed E-state index contributed by atoms with van der Waals surface area (Å²) in [5.41, 5.74) is 1.08. The number of alkyl halides is 3. The quantitative estimate of drug-likeness (QED) is 0.578. The van der Waals surface area contributed by atoms with E-state index in [1.807, 2.05) is 10.7 Å². The van der Waals surface area contributed by atoms with Crippen LogP contribution in [0.3, 0.4) is 0 Å². The van der Waals surface area contributed by atoms with Crippen molar-refractivity contribution in [2.45, 2.75) is 63.7 Å². The molecule has 0 bridgehead atoms. The molecule has 7 nitrogen and oxygen atoms in total. The van der Waals surface area contributed by atoms with Crippen molar-refractivity contribution in [2.75, 3.05) is 26.2 Å². The molecule has 0 saturated carbocycles. The van der Waals surface area contributed by atoms with Gasteiger partial charge >= 0.3 is 12.3 Å². The number of benzene rings is 1. The van der Waals surface area contributed by atoms with Gasteiger partial charge < -0.3 is 14.4 Å². The molecule has 11 heteroatoms. The van der Waals surface area contributed by atoms with Crippen LogP contribution in [0.15, 0.2) is 24.3 Å². The summed E-state index contributed by atoms with van der Waals surface area (Å²) in [4.78, 5) is 16.8. The zero-order chi connectivity index (χ0) is 24.6. The molecule has 1 aromatic carbocycles. The van der Waals surface area contributed by atoms with Gasteiger partial charge in [0.15, 0.2) is 0 Å². The average Bonchev–Trinajstić information content (AvgIpc) is 3.12. The Bertz CT molecular complexity index is 1080. The normalized spacial score (nSPS) is 23.4. The van der Waals surface area contributed by atoms with Crippen molar-refractivity contribution in [2.24, 2.45) is 0 Å². The summed E-state index contributed by atoms with van der Waals surface area (Å²) >= 11 is 5.83. The van der Waals surface area contributed by atoms with E-state index in [0.717, 1.165) is 36.6 Å². The lowest BCUT2D eigenvalue weighted by Crippen LogP contribution is -2.49. The highest BCUT2D eigenvalue weighted by atomic mass is 35.5. The maximum atomic E-state index is 13.0. The molecule has 0 spiro atoms. The van der Waals surface area contributed by atoms with Crippen molar-refractivity contribution < 1.29 is 27.4 Å². The van der Waals surface area contributed by atoms with Crippen LogP contribution in [0.4, 0.5) is 18.0 Å². The minimum atomic E-state index is -4.53. The molecule has 0 aliphatic carbocycles. The van der Waals surface area contributed by atoms with Gasteiger partial charge in [0.05, 0.1) is 30.1 Å². The summed E-state index contributed by atoms with van der Waals surface area (Å²) < 4.78 is 52.5.